The highest BCUT2D eigenvalue weighted by Gasteiger charge is 2.49. The van der Waals surface area contributed by atoms with Gasteiger partial charge in [0.1, 0.15) is 5.54 Å². The van der Waals surface area contributed by atoms with E-state index < -0.39 is 5.54 Å². The van der Waals surface area contributed by atoms with Gasteiger partial charge in [-0.05, 0) is 43.9 Å². The van der Waals surface area contributed by atoms with Crippen LogP contribution in [0.3, 0.4) is 0 Å². The van der Waals surface area contributed by atoms with E-state index in [4.69, 9.17) is 11.1 Å². The maximum atomic E-state index is 13.1. The highest BCUT2D eigenvalue weighted by molar-refractivity contribution is 6.07. The maximum Gasteiger partial charge on any atom is 0.254 e. The Hall–Kier alpha value is -1.14. The number of nitrogens with two attached hydrogens (primary N) is 1. The third-order valence-corrected chi connectivity index (χ3v) is 7.11. The van der Waals surface area contributed by atoms with Crippen molar-refractivity contribution in [3.05, 3.63) is 0 Å². The average molecular weight is 378 g/mol. The second kappa shape index (κ2) is 9.37. The van der Waals surface area contributed by atoms with E-state index in [1.54, 1.807) is 7.05 Å². The lowest BCUT2D eigenvalue weighted by atomic mass is 9.74. The van der Waals surface area contributed by atoms with E-state index in [1.165, 1.54) is 56.3 Å². The molecule has 1 amide bonds. The molecule has 0 aromatic carbocycles. The highest BCUT2D eigenvalue weighted by Crippen LogP contribution is 2.38. The monoisotopic (exact) mass is 377 g/mol. The van der Waals surface area contributed by atoms with Crippen LogP contribution in [0.25, 0.3) is 0 Å². The molecule has 154 valence electrons. The minimum Gasteiger partial charge on any atom is -0.342 e. The maximum absolute atomic E-state index is 13.1. The lowest BCUT2D eigenvalue weighted by Gasteiger charge is -2.37. The summed E-state index contributed by atoms with van der Waals surface area (Å²) in [6, 6.07) is 0.524. The molecule has 6 heteroatoms. The van der Waals surface area contributed by atoms with Gasteiger partial charge >= 0.3 is 0 Å². The molecule has 3 rings (SSSR count). The molecule has 1 saturated heterocycles. The Bertz CT molecular complexity index is 519. The van der Waals surface area contributed by atoms with Crippen molar-refractivity contribution >= 4 is 11.9 Å². The summed E-state index contributed by atoms with van der Waals surface area (Å²) < 4.78 is 0. The fourth-order valence-corrected chi connectivity index (χ4v) is 5.56. The summed E-state index contributed by atoms with van der Waals surface area (Å²) in [6.45, 7) is 1.54. The minimum absolute atomic E-state index is 0.111. The molecule has 3 fully saturated rings. The van der Waals surface area contributed by atoms with Crippen LogP contribution in [0.2, 0.25) is 0 Å². The van der Waals surface area contributed by atoms with Gasteiger partial charge in [0.05, 0.1) is 0 Å². The molecule has 3 atom stereocenters. The Balaban J connectivity index is 1.64. The second-order valence-electron chi connectivity index (χ2n) is 9.14. The van der Waals surface area contributed by atoms with Gasteiger partial charge in [0.25, 0.3) is 5.91 Å². The Labute approximate surface area is 164 Å². The number of hydrogen-bond acceptors (Lipinski definition) is 4. The third-order valence-electron chi connectivity index (χ3n) is 7.11. The van der Waals surface area contributed by atoms with Crippen molar-refractivity contribution in [2.45, 2.75) is 88.6 Å². The zero-order chi connectivity index (χ0) is 19.3. The zero-order valence-corrected chi connectivity index (χ0v) is 17.1. The van der Waals surface area contributed by atoms with Gasteiger partial charge in [-0.3, -0.25) is 15.1 Å². The molecule has 2 saturated carbocycles. The topological polar surface area (TPSA) is 94.2 Å². The van der Waals surface area contributed by atoms with Crippen LogP contribution < -0.4 is 16.4 Å². The molecule has 0 aromatic rings. The summed E-state index contributed by atoms with van der Waals surface area (Å²) in [5.41, 5.74) is 5.09. The lowest BCUT2D eigenvalue weighted by Crippen LogP contribution is -2.50. The number of nitrogens with zero attached hydrogens (tertiary/aromatic N) is 1. The summed E-state index contributed by atoms with van der Waals surface area (Å²) in [6.07, 6.45) is 14.3. The Kier molecular flexibility index (Phi) is 7.15. The number of hydrogen-bond donors (Lipinski definition) is 4. The molecule has 27 heavy (non-hydrogen) atoms. The van der Waals surface area contributed by atoms with Crippen LogP contribution in [-0.4, -0.2) is 48.5 Å². The molecule has 1 heterocycles. The van der Waals surface area contributed by atoms with E-state index in [2.05, 4.69) is 10.6 Å². The number of guanidine groups is 1. The number of carbonyl (C=O) groups is 1. The summed E-state index contributed by atoms with van der Waals surface area (Å²) in [7, 11) is 1.74. The second-order valence-corrected chi connectivity index (χ2v) is 9.14. The summed E-state index contributed by atoms with van der Waals surface area (Å²) >= 11 is 0. The number of carbonyl (C=O) groups excluding carboxylic acids is 1. The minimum atomic E-state index is -0.552. The van der Waals surface area contributed by atoms with Crippen LogP contribution in [0.15, 0.2) is 0 Å². The van der Waals surface area contributed by atoms with Gasteiger partial charge in [-0.25, -0.2) is 0 Å². The van der Waals surface area contributed by atoms with Crippen LogP contribution in [-0.2, 0) is 4.79 Å². The molecule has 2 aliphatic carbocycles. The Morgan fingerprint density at radius 1 is 1.19 bits per heavy atom. The average Bonchev–Trinajstić information content (AvgIpc) is 2.90. The molecule has 1 aliphatic heterocycles. The standard InChI is InChI=1S/C21H39N5O/c1-26-19(27)21(25-20(26)23,11-10-16-6-3-2-4-7-16)15-17-8-5-9-18(14-17)24-13-12-22/h16-18,24H,2-15,22H2,1H3,(H2,23,25)/t17-,18+,21+/m0/s1. The van der Waals surface area contributed by atoms with E-state index in [0.717, 1.165) is 38.1 Å². The highest BCUT2D eigenvalue weighted by atomic mass is 16.2. The Morgan fingerprint density at radius 3 is 2.59 bits per heavy atom. The van der Waals surface area contributed by atoms with Crippen molar-refractivity contribution in [3.8, 4) is 0 Å². The molecule has 5 N–H and O–H groups in total. The summed E-state index contributed by atoms with van der Waals surface area (Å²) in [4.78, 5) is 14.6. The molecule has 3 aliphatic rings. The molecule has 6 nitrogen and oxygen atoms in total. The van der Waals surface area contributed by atoms with Crippen LogP contribution >= 0.6 is 0 Å². The first-order chi connectivity index (χ1) is 13.0. The first kappa shape index (κ1) is 20.6. The Morgan fingerprint density at radius 2 is 1.93 bits per heavy atom. The smallest absolute Gasteiger partial charge is 0.254 e. The van der Waals surface area contributed by atoms with Gasteiger partial charge in [-0.15, -0.1) is 0 Å². The van der Waals surface area contributed by atoms with E-state index >= 15 is 0 Å². The first-order valence-electron chi connectivity index (χ1n) is 11.1. The van der Waals surface area contributed by atoms with Gasteiger partial charge in [0, 0.05) is 26.2 Å². The van der Waals surface area contributed by atoms with Crippen LogP contribution in [0.5, 0.6) is 0 Å². The SMILES string of the molecule is CN1C(=N)N[C@](CCC2CCCCC2)(C[C@H]2CCC[C@@H](NCCN)C2)C1=O. The predicted octanol–water partition coefficient (Wildman–Crippen LogP) is 2.58. The number of rotatable bonds is 8. The van der Waals surface area contributed by atoms with Crippen molar-refractivity contribution in [1.29, 1.82) is 5.41 Å². The molecule has 0 radical (unpaired) electrons. The van der Waals surface area contributed by atoms with Crippen LogP contribution in [0.1, 0.15) is 77.0 Å². The largest absolute Gasteiger partial charge is 0.342 e. The number of amides is 1. The number of nitrogens with one attached hydrogen (secondary N) is 3. The zero-order valence-electron chi connectivity index (χ0n) is 17.1. The van der Waals surface area contributed by atoms with Gasteiger partial charge in [0.2, 0.25) is 0 Å². The van der Waals surface area contributed by atoms with Gasteiger partial charge in [-0.2, -0.15) is 0 Å². The normalized spacial score (nSPS) is 32.7. The van der Waals surface area contributed by atoms with Crippen molar-refractivity contribution in [3.63, 3.8) is 0 Å². The predicted molar refractivity (Wildman–Crippen MR) is 110 cm³/mol. The van der Waals surface area contributed by atoms with Crippen molar-refractivity contribution in [2.75, 3.05) is 20.1 Å². The van der Waals surface area contributed by atoms with Gasteiger partial charge in [0.15, 0.2) is 5.96 Å². The molecule has 0 spiro atoms. The van der Waals surface area contributed by atoms with Crippen LogP contribution in [0, 0.1) is 17.2 Å². The number of likely N-dealkylation sites (N-methyl/N-ethyl adjacent to an activating group) is 1. The first-order valence-corrected chi connectivity index (χ1v) is 11.1. The fraction of sp³-hybridized carbons (Fsp3) is 0.905. The molecule has 0 aromatic heterocycles. The molecular formula is C21H39N5O. The quantitative estimate of drug-likeness (QED) is 0.523. The lowest BCUT2D eigenvalue weighted by molar-refractivity contribution is -0.131. The molecule has 0 unspecified atom stereocenters. The fourth-order valence-electron chi connectivity index (χ4n) is 5.56. The van der Waals surface area contributed by atoms with Crippen LogP contribution in [0.4, 0.5) is 0 Å². The summed E-state index contributed by atoms with van der Waals surface area (Å²) in [5, 5.41) is 15.1. The molecular weight excluding hydrogens is 338 g/mol. The summed E-state index contributed by atoms with van der Waals surface area (Å²) in [5.74, 6) is 1.68. The van der Waals surface area contributed by atoms with E-state index in [1.807, 2.05) is 0 Å². The third kappa shape index (κ3) is 5.02. The van der Waals surface area contributed by atoms with Crippen molar-refractivity contribution in [1.82, 2.24) is 15.5 Å². The van der Waals surface area contributed by atoms with Gasteiger partial charge < -0.3 is 16.4 Å². The van der Waals surface area contributed by atoms with E-state index in [-0.39, 0.29) is 11.9 Å². The van der Waals surface area contributed by atoms with Crippen molar-refractivity contribution < 1.29 is 4.79 Å². The van der Waals surface area contributed by atoms with E-state index in [9.17, 15) is 4.79 Å². The van der Waals surface area contributed by atoms with Crippen molar-refractivity contribution in [2.24, 2.45) is 17.6 Å². The van der Waals surface area contributed by atoms with E-state index in [0.29, 0.717) is 18.5 Å². The van der Waals surface area contributed by atoms with Gasteiger partial charge in [-0.1, -0.05) is 44.9 Å². The molecule has 0 bridgehead atoms.